The van der Waals surface area contributed by atoms with Crippen LogP contribution in [0, 0.1) is 0 Å². The maximum Gasteiger partial charge on any atom is 0.224 e. The summed E-state index contributed by atoms with van der Waals surface area (Å²) in [5.41, 5.74) is 2.04. The number of rotatable bonds is 3. The molecule has 2 rings (SSSR count). The molecule has 1 aromatic carbocycles. The van der Waals surface area contributed by atoms with Crippen molar-refractivity contribution >= 4 is 5.91 Å². The Morgan fingerprint density at radius 2 is 2.12 bits per heavy atom. The van der Waals surface area contributed by atoms with E-state index in [-0.39, 0.29) is 5.91 Å². The lowest BCUT2D eigenvalue weighted by molar-refractivity contribution is -0.119. The van der Waals surface area contributed by atoms with Crippen molar-refractivity contribution in [2.24, 2.45) is 0 Å². The summed E-state index contributed by atoms with van der Waals surface area (Å²) in [5.74, 6) is 0.0235. The SMILES string of the molecule is CNC(=O)Cc1ccc(-n2ccnc2)cc1. The van der Waals surface area contributed by atoms with Crippen LogP contribution in [0.25, 0.3) is 5.69 Å². The average molecular weight is 215 g/mol. The maximum absolute atomic E-state index is 11.2. The molecule has 1 amide bonds. The van der Waals surface area contributed by atoms with E-state index in [9.17, 15) is 4.79 Å². The molecule has 0 aliphatic carbocycles. The predicted octanol–water partition coefficient (Wildman–Crippen LogP) is 1.16. The first-order chi connectivity index (χ1) is 7.79. The highest BCUT2D eigenvalue weighted by atomic mass is 16.1. The molecule has 0 aliphatic heterocycles. The smallest absolute Gasteiger partial charge is 0.224 e. The van der Waals surface area contributed by atoms with Gasteiger partial charge in [-0.3, -0.25) is 4.79 Å². The Labute approximate surface area is 93.9 Å². The molecule has 1 aromatic heterocycles. The van der Waals surface area contributed by atoms with Gasteiger partial charge in [-0.2, -0.15) is 0 Å². The highest BCUT2D eigenvalue weighted by molar-refractivity contribution is 5.78. The van der Waals surface area contributed by atoms with Gasteiger partial charge in [-0.15, -0.1) is 0 Å². The molecule has 0 spiro atoms. The summed E-state index contributed by atoms with van der Waals surface area (Å²) in [6.07, 6.45) is 5.78. The van der Waals surface area contributed by atoms with E-state index in [4.69, 9.17) is 0 Å². The average Bonchev–Trinajstić information content (AvgIpc) is 2.83. The number of imidazole rings is 1. The van der Waals surface area contributed by atoms with E-state index >= 15 is 0 Å². The number of carbonyl (C=O) groups excluding carboxylic acids is 1. The summed E-state index contributed by atoms with van der Waals surface area (Å²) in [6.45, 7) is 0. The summed E-state index contributed by atoms with van der Waals surface area (Å²) >= 11 is 0. The zero-order chi connectivity index (χ0) is 11.4. The lowest BCUT2D eigenvalue weighted by Crippen LogP contribution is -2.19. The standard InChI is InChI=1S/C12H13N3O/c1-13-12(16)8-10-2-4-11(5-3-10)15-7-6-14-9-15/h2-7,9H,8H2,1H3,(H,13,16). The Balaban J connectivity index is 2.14. The number of nitrogens with one attached hydrogen (secondary N) is 1. The van der Waals surface area contributed by atoms with Gasteiger partial charge in [0.2, 0.25) is 5.91 Å². The van der Waals surface area contributed by atoms with Crippen LogP contribution >= 0.6 is 0 Å². The first kappa shape index (κ1) is 10.4. The van der Waals surface area contributed by atoms with Crippen LogP contribution in [0.15, 0.2) is 43.0 Å². The summed E-state index contributed by atoms with van der Waals surface area (Å²) in [7, 11) is 1.64. The molecule has 0 unspecified atom stereocenters. The van der Waals surface area contributed by atoms with Gasteiger partial charge in [-0.05, 0) is 17.7 Å². The van der Waals surface area contributed by atoms with Crippen molar-refractivity contribution in [3.05, 3.63) is 48.5 Å². The molecule has 82 valence electrons. The fourth-order valence-electron chi connectivity index (χ4n) is 1.47. The monoisotopic (exact) mass is 215 g/mol. The third-order valence-corrected chi connectivity index (χ3v) is 2.38. The first-order valence-corrected chi connectivity index (χ1v) is 5.07. The Kier molecular flexibility index (Phi) is 3.00. The molecular formula is C12H13N3O. The zero-order valence-electron chi connectivity index (χ0n) is 9.05. The molecule has 0 fully saturated rings. The van der Waals surface area contributed by atoms with Crippen LogP contribution in [0.2, 0.25) is 0 Å². The van der Waals surface area contributed by atoms with E-state index in [1.165, 1.54) is 0 Å². The predicted molar refractivity (Wildman–Crippen MR) is 61.3 cm³/mol. The summed E-state index contributed by atoms with van der Waals surface area (Å²) in [6, 6.07) is 7.84. The lowest BCUT2D eigenvalue weighted by Gasteiger charge is -2.04. The minimum atomic E-state index is 0.0235. The van der Waals surface area contributed by atoms with Crippen LogP contribution in [0.1, 0.15) is 5.56 Å². The van der Waals surface area contributed by atoms with Gasteiger partial charge >= 0.3 is 0 Å². The van der Waals surface area contributed by atoms with Gasteiger partial charge in [0, 0.05) is 25.1 Å². The second kappa shape index (κ2) is 4.61. The van der Waals surface area contributed by atoms with Crippen molar-refractivity contribution in [3.8, 4) is 5.69 Å². The second-order valence-corrected chi connectivity index (χ2v) is 3.49. The van der Waals surface area contributed by atoms with Gasteiger partial charge in [0.1, 0.15) is 0 Å². The highest BCUT2D eigenvalue weighted by Crippen LogP contribution is 2.09. The number of nitrogens with zero attached hydrogens (tertiary/aromatic N) is 2. The summed E-state index contributed by atoms with van der Waals surface area (Å²) in [4.78, 5) is 15.1. The fraction of sp³-hybridized carbons (Fsp3) is 0.167. The van der Waals surface area contributed by atoms with Gasteiger partial charge in [0.25, 0.3) is 0 Å². The molecule has 0 aliphatic rings. The van der Waals surface area contributed by atoms with Crippen molar-refractivity contribution in [1.29, 1.82) is 0 Å². The Bertz CT molecular complexity index is 460. The van der Waals surface area contributed by atoms with E-state index in [1.54, 1.807) is 19.6 Å². The molecule has 0 atom stereocenters. The maximum atomic E-state index is 11.2. The highest BCUT2D eigenvalue weighted by Gasteiger charge is 2.01. The number of hydrogen-bond acceptors (Lipinski definition) is 2. The van der Waals surface area contributed by atoms with Gasteiger partial charge < -0.3 is 9.88 Å². The van der Waals surface area contributed by atoms with Crippen molar-refractivity contribution in [2.45, 2.75) is 6.42 Å². The minimum Gasteiger partial charge on any atom is -0.359 e. The molecule has 0 saturated carbocycles. The largest absolute Gasteiger partial charge is 0.359 e. The topological polar surface area (TPSA) is 46.9 Å². The first-order valence-electron chi connectivity index (χ1n) is 5.07. The Hall–Kier alpha value is -2.10. The number of carbonyl (C=O) groups is 1. The van der Waals surface area contributed by atoms with E-state index in [1.807, 2.05) is 35.0 Å². The number of hydrogen-bond donors (Lipinski definition) is 1. The molecule has 0 bridgehead atoms. The van der Waals surface area contributed by atoms with Crippen molar-refractivity contribution in [1.82, 2.24) is 14.9 Å². The number of likely N-dealkylation sites (N-methyl/N-ethyl adjacent to an activating group) is 1. The van der Waals surface area contributed by atoms with Crippen molar-refractivity contribution in [3.63, 3.8) is 0 Å². The third-order valence-electron chi connectivity index (χ3n) is 2.38. The normalized spacial score (nSPS) is 10.1. The van der Waals surface area contributed by atoms with Crippen LogP contribution < -0.4 is 5.32 Å². The second-order valence-electron chi connectivity index (χ2n) is 3.49. The molecule has 2 aromatic rings. The molecule has 4 heteroatoms. The van der Waals surface area contributed by atoms with E-state index in [2.05, 4.69) is 10.3 Å². The summed E-state index contributed by atoms with van der Waals surface area (Å²) < 4.78 is 1.92. The van der Waals surface area contributed by atoms with E-state index < -0.39 is 0 Å². The molecule has 0 radical (unpaired) electrons. The van der Waals surface area contributed by atoms with Crippen LogP contribution in [0.3, 0.4) is 0 Å². The van der Waals surface area contributed by atoms with Gasteiger partial charge in [-0.1, -0.05) is 12.1 Å². The minimum absolute atomic E-state index is 0.0235. The van der Waals surface area contributed by atoms with Gasteiger partial charge in [-0.25, -0.2) is 4.98 Å². The molecule has 1 heterocycles. The van der Waals surface area contributed by atoms with Crippen LogP contribution in [0.4, 0.5) is 0 Å². The molecule has 4 nitrogen and oxygen atoms in total. The molecule has 1 N–H and O–H groups in total. The fourth-order valence-corrected chi connectivity index (χ4v) is 1.47. The Morgan fingerprint density at radius 3 is 2.69 bits per heavy atom. The van der Waals surface area contributed by atoms with E-state index in [0.717, 1.165) is 11.3 Å². The number of benzene rings is 1. The van der Waals surface area contributed by atoms with Gasteiger partial charge in [0.15, 0.2) is 0 Å². The number of aromatic nitrogens is 2. The van der Waals surface area contributed by atoms with Crippen molar-refractivity contribution in [2.75, 3.05) is 7.05 Å². The van der Waals surface area contributed by atoms with E-state index in [0.29, 0.717) is 6.42 Å². The quantitative estimate of drug-likeness (QED) is 0.835. The number of amides is 1. The summed E-state index contributed by atoms with van der Waals surface area (Å²) in [5, 5.41) is 2.60. The lowest BCUT2D eigenvalue weighted by atomic mass is 10.1. The molecule has 0 saturated heterocycles. The van der Waals surface area contributed by atoms with Crippen LogP contribution in [-0.4, -0.2) is 22.5 Å². The molecular weight excluding hydrogens is 202 g/mol. The molecule has 16 heavy (non-hydrogen) atoms. The van der Waals surface area contributed by atoms with Crippen molar-refractivity contribution < 1.29 is 4.79 Å². The third kappa shape index (κ3) is 2.28. The van der Waals surface area contributed by atoms with Gasteiger partial charge in [0.05, 0.1) is 12.7 Å². The van der Waals surface area contributed by atoms with Crippen LogP contribution in [0.5, 0.6) is 0 Å². The Morgan fingerprint density at radius 1 is 1.38 bits per heavy atom. The van der Waals surface area contributed by atoms with Crippen LogP contribution in [-0.2, 0) is 11.2 Å². The zero-order valence-corrected chi connectivity index (χ0v) is 9.05.